The van der Waals surface area contributed by atoms with Crippen molar-refractivity contribution < 1.29 is 0 Å². The summed E-state index contributed by atoms with van der Waals surface area (Å²) in [7, 11) is 0. The van der Waals surface area contributed by atoms with Gasteiger partial charge in [-0.1, -0.05) is 12.1 Å². The molecule has 0 aliphatic heterocycles. The highest BCUT2D eigenvalue weighted by Gasteiger charge is 2.05. The second-order valence-electron chi connectivity index (χ2n) is 3.63. The number of hydrogen-bond acceptors (Lipinski definition) is 5. The highest BCUT2D eigenvalue weighted by molar-refractivity contribution is 5.66. The van der Waals surface area contributed by atoms with Crippen molar-refractivity contribution in [2.24, 2.45) is 0 Å². The summed E-state index contributed by atoms with van der Waals surface area (Å²) in [6.45, 7) is 1.87. The molecule has 1 N–H and O–H groups in total. The van der Waals surface area contributed by atoms with Gasteiger partial charge in [-0.25, -0.2) is 9.97 Å². The summed E-state index contributed by atoms with van der Waals surface area (Å²) < 4.78 is 0. The maximum Gasteiger partial charge on any atom is 0.158 e. The van der Waals surface area contributed by atoms with Crippen LogP contribution in [0.2, 0.25) is 0 Å². The Labute approximate surface area is 104 Å². The number of hydrogen-bond donors (Lipinski definition) is 1. The number of aromatic nitrogens is 2. The van der Waals surface area contributed by atoms with Crippen molar-refractivity contribution in [1.82, 2.24) is 9.97 Å². The second kappa shape index (κ2) is 4.94. The summed E-state index contributed by atoms with van der Waals surface area (Å²) in [5, 5.41) is 20.7. The van der Waals surface area contributed by atoms with Gasteiger partial charge in [0.25, 0.3) is 0 Å². The lowest BCUT2D eigenvalue weighted by Crippen LogP contribution is -1.98. The summed E-state index contributed by atoms with van der Waals surface area (Å²) in [5.41, 5.74) is 2.40. The van der Waals surface area contributed by atoms with E-state index in [0.717, 1.165) is 5.56 Å². The van der Waals surface area contributed by atoms with Crippen LogP contribution >= 0.6 is 0 Å². The lowest BCUT2D eigenvalue weighted by Gasteiger charge is -2.08. The third-order valence-electron chi connectivity index (χ3n) is 2.41. The third kappa shape index (κ3) is 2.26. The molecule has 1 aromatic carbocycles. The predicted octanol–water partition coefficient (Wildman–Crippen LogP) is 2.27. The number of nitriles is 2. The Morgan fingerprint density at radius 3 is 2.56 bits per heavy atom. The average molecular weight is 235 g/mol. The Morgan fingerprint density at radius 2 is 1.94 bits per heavy atom. The van der Waals surface area contributed by atoms with Crippen molar-refractivity contribution in [3.63, 3.8) is 0 Å². The van der Waals surface area contributed by atoms with Crippen molar-refractivity contribution >= 4 is 11.5 Å². The van der Waals surface area contributed by atoms with Crippen molar-refractivity contribution in [3.05, 3.63) is 47.4 Å². The van der Waals surface area contributed by atoms with Gasteiger partial charge in [0.05, 0.1) is 23.6 Å². The molecule has 0 radical (unpaired) electrons. The molecule has 0 saturated heterocycles. The molecule has 18 heavy (non-hydrogen) atoms. The molecule has 0 unspecified atom stereocenters. The Kier molecular flexibility index (Phi) is 3.17. The van der Waals surface area contributed by atoms with E-state index in [1.165, 1.54) is 12.4 Å². The molecular formula is C13H9N5. The molecule has 5 heteroatoms. The summed E-state index contributed by atoms with van der Waals surface area (Å²) in [4.78, 5) is 7.95. The molecule has 0 spiro atoms. The molecule has 2 aromatic rings. The number of nitrogens with one attached hydrogen (secondary N) is 1. The first-order chi connectivity index (χ1) is 8.74. The summed E-state index contributed by atoms with van der Waals surface area (Å²) >= 11 is 0. The van der Waals surface area contributed by atoms with Crippen LogP contribution in [-0.2, 0) is 0 Å². The maximum absolute atomic E-state index is 9.09. The minimum Gasteiger partial charge on any atom is -0.338 e. The zero-order valence-electron chi connectivity index (χ0n) is 9.68. The smallest absolute Gasteiger partial charge is 0.158 e. The molecule has 2 rings (SSSR count). The van der Waals surface area contributed by atoms with E-state index in [0.29, 0.717) is 17.1 Å². The van der Waals surface area contributed by atoms with E-state index in [9.17, 15) is 0 Å². The van der Waals surface area contributed by atoms with Crippen LogP contribution in [0.4, 0.5) is 11.5 Å². The van der Waals surface area contributed by atoms with Crippen molar-refractivity contribution in [3.8, 4) is 12.1 Å². The molecule has 5 nitrogen and oxygen atoms in total. The minimum atomic E-state index is 0.255. The van der Waals surface area contributed by atoms with E-state index in [1.54, 1.807) is 6.07 Å². The molecule has 86 valence electrons. The van der Waals surface area contributed by atoms with Crippen LogP contribution in [0.5, 0.6) is 0 Å². The molecule has 0 atom stereocenters. The quantitative estimate of drug-likeness (QED) is 0.862. The molecule has 0 aliphatic carbocycles. The van der Waals surface area contributed by atoms with Gasteiger partial charge < -0.3 is 5.32 Å². The van der Waals surface area contributed by atoms with E-state index in [-0.39, 0.29) is 5.69 Å². The molecule has 0 saturated carbocycles. The fraction of sp³-hybridized carbons (Fsp3) is 0.0769. The fourth-order valence-electron chi connectivity index (χ4n) is 1.51. The second-order valence-corrected chi connectivity index (χ2v) is 3.63. The van der Waals surface area contributed by atoms with E-state index in [2.05, 4.69) is 21.4 Å². The third-order valence-corrected chi connectivity index (χ3v) is 2.41. The number of anilines is 2. The van der Waals surface area contributed by atoms with E-state index in [4.69, 9.17) is 10.5 Å². The first-order valence-electron chi connectivity index (χ1n) is 5.23. The Morgan fingerprint density at radius 1 is 1.11 bits per heavy atom. The summed E-state index contributed by atoms with van der Waals surface area (Å²) in [6.07, 6.45) is 2.84. The van der Waals surface area contributed by atoms with Crippen LogP contribution < -0.4 is 5.32 Å². The molecule has 1 aromatic heterocycles. The first-order valence-corrected chi connectivity index (χ1v) is 5.23. The number of aryl methyl sites for hydroxylation is 1. The average Bonchev–Trinajstić information content (AvgIpc) is 2.40. The number of rotatable bonds is 2. The van der Waals surface area contributed by atoms with Crippen molar-refractivity contribution in [2.75, 3.05) is 5.32 Å². The normalized spacial score (nSPS) is 9.28. The summed E-state index contributed by atoms with van der Waals surface area (Å²) in [6, 6.07) is 9.56. The van der Waals surface area contributed by atoms with Gasteiger partial charge in [0, 0.05) is 0 Å². The van der Waals surface area contributed by atoms with Crippen LogP contribution in [0.25, 0.3) is 0 Å². The topological polar surface area (TPSA) is 85.4 Å². The van der Waals surface area contributed by atoms with Gasteiger partial charge in [-0.3, -0.25) is 0 Å². The molecule has 0 bridgehead atoms. The molecule has 0 aliphatic rings. The lowest BCUT2D eigenvalue weighted by molar-refractivity contribution is 1.16. The maximum atomic E-state index is 9.09. The van der Waals surface area contributed by atoms with Gasteiger partial charge in [0.2, 0.25) is 0 Å². The van der Waals surface area contributed by atoms with Crippen LogP contribution in [-0.4, -0.2) is 9.97 Å². The van der Waals surface area contributed by atoms with Crippen LogP contribution in [0.15, 0.2) is 30.6 Å². The first kappa shape index (κ1) is 11.6. The molecule has 0 fully saturated rings. The largest absolute Gasteiger partial charge is 0.338 e. The predicted molar refractivity (Wildman–Crippen MR) is 65.9 cm³/mol. The van der Waals surface area contributed by atoms with E-state index >= 15 is 0 Å². The zero-order valence-corrected chi connectivity index (χ0v) is 9.68. The molecule has 0 amide bonds. The minimum absolute atomic E-state index is 0.255. The molecular weight excluding hydrogens is 226 g/mol. The fourth-order valence-corrected chi connectivity index (χ4v) is 1.51. The lowest BCUT2D eigenvalue weighted by atomic mass is 10.1. The standard InChI is InChI=1S/C13H9N5/c1-9-3-2-4-12(11(9)6-15)18-13-8-16-10(5-14)7-17-13/h2-4,7-8H,1H3,(H,17,18). The van der Waals surface area contributed by atoms with Gasteiger partial charge in [0.1, 0.15) is 18.0 Å². The van der Waals surface area contributed by atoms with Crippen molar-refractivity contribution in [2.45, 2.75) is 6.92 Å². The zero-order chi connectivity index (χ0) is 13.0. The SMILES string of the molecule is Cc1cccc(Nc2cnc(C#N)cn2)c1C#N. The highest BCUT2D eigenvalue weighted by Crippen LogP contribution is 2.21. The van der Waals surface area contributed by atoms with Crippen LogP contribution in [0.3, 0.4) is 0 Å². The van der Waals surface area contributed by atoms with Crippen molar-refractivity contribution in [1.29, 1.82) is 10.5 Å². The van der Waals surface area contributed by atoms with Gasteiger partial charge in [-0.2, -0.15) is 10.5 Å². The Balaban J connectivity index is 2.32. The van der Waals surface area contributed by atoms with E-state index < -0.39 is 0 Å². The Hall–Kier alpha value is -2.92. The van der Waals surface area contributed by atoms with Gasteiger partial charge in [-0.15, -0.1) is 0 Å². The van der Waals surface area contributed by atoms with Crippen LogP contribution in [0, 0.1) is 29.6 Å². The highest BCUT2D eigenvalue weighted by atomic mass is 15.0. The Bertz CT molecular complexity index is 647. The van der Waals surface area contributed by atoms with E-state index in [1.807, 2.05) is 25.1 Å². The van der Waals surface area contributed by atoms with Gasteiger partial charge >= 0.3 is 0 Å². The molecule has 1 heterocycles. The van der Waals surface area contributed by atoms with Crippen LogP contribution in [0.1, 0.15) is 16.8 Å². The van der Waals surface area contributed by atoms with Gasteiger partial charge in [-0.05, 0) is 18.6 Å². The summed E-state index contributed by atoms with van der Waals surface area (Å²) in [5.74, 6) is 0.496. The number of benzene rings is 1. The van der Waals surface area contributed by atoms with Gasteiger partial charge in [0.15, 0.2) is 5.69 Å². The number of nitrogens with zero attached hydrogens (tertiary/aromatic N) is 4. The monoisotopic (exact) mass is 235 g/mol.